The molecular weight excluding hydrogens is 254 g/mol. The summed E-state index contributed by atoms with van der Waals surface area (Å²) >= 11 is 0. The van der Waals surface area contributed by atoms with Crippen molar-refractivity contribution in [3.8, 4) is 17.6 Å². The zero-order chi connectivity index (χ0) is 14.4. The Morgan fingerprint density at radius 2 is 2.15 bits per heavy atom. The van der Waals surface area contributed by atoms with E-state index in [0.717, 1.165) is 11.1 Å². The molecule has 0 saturated carbocycles. The van der Waals surface area contributed by atoms with E-state index >= 15 is 0 Å². The third-order valence-corrected chi connectivity index (χ3v) is 2.87. The third kappa shape index (κ3) is 3.05. The molecule has 0 amide bonds. The van der Waals surface area contributed by atoms with E-state index in [-0.39, 0.29) is 6.61 Å². The Bertz CT molecular complexity index is 635. The summed E-state index contributed by atoms with van der Waals surface area (Å²) in [7, 11) is 1.59. The highest BCUT2D eigenvalue weighted by atomic mass is 16.5. The first-order chi connectivity index (χ1) is 9.78. The van der Waals surface area contributed by atoms with Gasteiger partial charge in [0.1, 0.15) is 29.9 Å². The Labute approximate surface area is 117 Å². The number of nitriles is 1. The molecule has 0 atom stereocenters. The largest absolute Gasteiger partial charge is 0.497 e. The standard InChI is InChI=1S/C15H15N3O2/c1-19-13-5-4-11(8-16)15(7-13)20-10-12-3-2-6-18-14(12)9-17/h2-7H,8,10,16H2,1H3. The first-order valence-corrected chi connectivity index (χ1v) is 6.12. The second kappa shape index (κ2) is 6.55. The summed E-state index contributed by atoms with van der Waals surface area (Å²) in [6.07, 6.45) is 1.58. The highest BCUT2D eigenvalue weighted by Crippen LogP contribution is 2.25. The Morgan fingerprint density at radius 3 is 2.85 bits per heavy atom. The highest BCUT2D eigenvalue weighted by molar-refractivity contribution is 5.41. The van der Waals surface area contributed by atoms with E-state index in [9.17, 15) is 0 Å². The quantitative estimate of drug-likeness (QED) is 0.897. The molecular formula is C15H15N3O2. The van der Waals surface area contributed by atoms with Gasteiger partial charge in [0.25, 0.3) is 0 Å². The van der Waals surface area contributed by atoms with Crippen LogP contribution in [0.2, 0.25) is 0 Å². The van der Waals surface area contributed by atoms with Gasteiger partial charge in [-0.1, -0.05) is 12.1 Å². The van der Waals surface area contributed by atoms with E-state index in [0.29, 0.717) is 23.7 Å². The van der Waals surface area contributed by atoms with Crippen molar-refractivity contribution in [3.05, 3.63) is 53.3 Å². The predicted octanol–water partition coefficient (Wildman–Crippen LogP) is 2.00. The molecule has 2 aromatic rings. The van der Waals surface area contributed by atoms with Crippen molar-refractivity contribution in [2.75, 3.05) is 7.11 Å². The number of rotatable bonds is 5. The van der Waals surface area contributed by atoms with Crippen LogP contribution >= 0.6 is 0 Å². The summed E-state index contributed by atoms with van der Waals surface area (Å²) in [6.45, 7) is 0.633. The third-order valence-electron chi connectivity index (χ3n) is 2.87. The van der Waals surface area contributed by atoms with Gasteiger partial charge >= 0.3 is 0 Å². The lowest BCUT2D eigenvalue weighted by Gasteiger charge is -2.12. The van der Waals surface area contributed by atoms with Crippen LogP contribution in [0.3, 0.4) is 0 Å². The van der Waals surface area contributed by atoms with Crippen LogP contribution in [-0.4, -0.2) is 12.1 Å². The lowest BCUT2D eigenvalue weighted by atomic mass is 10.2. The van der Waals surface area contributed by atoms with Crippen molar-refractivity contribution in [2.45, 2.75) is 13.2 Å². The summed E-state index contributed by atoms with van der Waals surface area (Å²) in [4.78, 5) is 4.00. The second-order valence-electron chi connectivity index (χ2n) is 4.09. The molecule has 0 fully saturated rings. The van der Waals surface area contributed by atoms with Gasteiger partial charge in [-0.05, 0) is 12.1 Å². The summed E-state index contributed by atoms with van der Waals surface area (Å²) in [5.74, 6) is 1.35. The summed E-state index contributed by atoms with van der Waals surface area (Å²) in [5.41, 5.74) is 7.67. The van der Waals surface area contributed by atoms with Gasteiger partial charge in [0.05, 0.1) is 7.11 Å². The minimum Gasteiger partial charge on any atom is -0.497 e. The normalized spacial score (nSPS) is 9.85. The molecule has 20 heavy (non-hydrogen) atoms. The number of hydrogen-bond donors (Lipinski definition) is 1. The first kappa shape index (κ1) is 13.8. The summed E-state index contributed by atoms with van der Waals surface area (Å²) in [5, 5.41) is 8.99. The fourth-order valence-corrected chi connectivity index (χ4v) is 1.78. The van der Waals surface area contributed by atoms with Gasteiger partial charge in [-0.2, -0.15) is 5.26 Å². The van der Waals surface area contributed by atoms with Gasteiger partial charge in [-0.15, -0.1) is 0 Å². The van der Waals surface area contributed by atoms with Crippen LogP contribution < -0.4 is 15.2 Å². The molecule has 1 heterocycles. The van der Waals surface area contributed by atoms with Crippen molar-refractivity contribution in [2.24, 2.45) is 5.73 Å². The first-order valence-electron chi connectivity index (χ1n) is 6.12. The van der Waals surface area contributed by atoms with Crippen molar-refractivity contribution in [1.82, 2.24) is 4.98 Å². The molecule has 0 unspecified atom stereocenters. The molecule has 1 aromatic carbocycles. The topological polar surface area (TPSA) is 81.2 Å². The minimum absolute atomic E-state index is 0.261. The lowest BCUT2D eigenvalue weighted by molar-refractivity contribution is 0.299. The molecule has 102 valence electrons. The van der Waals surface area contributed by atoms with Gasteiger partial charge in [-0.25, -0.2) is 4.98 Å². The van der Waals surface area contributed by atoms with Crippen LogP contribution in [0, 0.1) is 11.3 Å². The van der Waals surface area contributed by atoms with E-state index in [1.54, 1.807) is 25.4 Å². The van der Waals surface area contributed by atoms with Crippen LogP contribution in [0.25, 0.3) is 0 Å². The smallest absolute Gasteiger partial charge is 0.147 e. The molecule has 1 aromatic heterocycles. The van der Waals surface area contributed by atoms with E-state index in [2.05, 4.69) is 4.98 Å². The van der Waals surface area contributed by atoms with E-state index in [1.807, 2.05) is 24.3 Å². The molecule has 0 aliphatic carbocycles. The van der Waals surface area contributed by atoms with Crippen LogP contribution in [0.5, 0.6) is 11.5 Å². The molecule has 5 nitrogen and oxygen atoms in total. The molecule has 0 aliphatic rings. The fraction of sp³-hybridized carbons (Fsp3) is 0.200. The van der Waals surface area contributed by atoms with Crippen molar-refractivity contribution >= 4 is 0 Å². The van der Waals surface area contributed by atoms with E-state index in [4.69, 9.17) is 20.5 Å². The SMILES string of the molecule is COc1ccc(CN)c(OCc2cccnc2C#N)c1. The highest BCUT2D eigenvalue weighted by Gasteiger charge is 2.07. The second-order valence-corrected chi connectivity index (χ2v) is 4.09. The van der Waals surface area contributed by atoms with Gasteiger partial charge in [0.15, 0.2) is 0 Å². The Hall–Kier alpha value is -2.58. The lowest BCUT2D eigenvalue weighted by Crippen LogP contribution is -2.04. The zero-order valence-electron chi connectivity index (χ0n) is 11.2. The maximum absolute atomic E-state index is 8.99. The number of nitrogens with zero attached hydrogens (tertiary/aromatic N) is 2. The van der Waals surface area contributed by atoms with Gasteiger partial charge < -0.3 is 15.2 Å². The van der Waals surface area contributed by atoms with Gasteiger partial charge in [0, 0.05) is 29.9 Å². The van der Waals surface area contributed by atoms with Crippen molar-refractivity contribution in [3.63, 3.8) is 0 Å². The van der Waals surface area contributed by atoms with Crippen molar-refractivity contribution in [1.29, 1.82) is 5.26 Å². The zero-order valence-corrected chi connectivity index (χ0v) is 11.2. The Balaban J connectivity index is 2.20. The predicted molar refractivity (Wildman–Crippen MR) is 74.2 cm³/mol. The molecule has 2 N–H and O–H groups in total. The van der Waals surface area contributed by atoms with Crippen LogP contribution in [0.1, 0.15) is 16.8 Å². The molecule has 0 bridgehead atoms. The van der Waals surface area contributed by atoms with Crippen LogP contribution in [0.15, 0.2) is 36.5 Å². The fourth-order valence-electron chi connectivity index (χ4n) is 1.78. The molecule has 0 radical (unpaired) electrons. The van der Waals surface area contributed by atoms with Crippen molar-refractivity contribution < 1.29 is 9.47 Å². The van der Waals surface area contributed by atoms with E-state index < -0.39 is 0 Å². The number of nitrogens with two attached hydrogens (primary N) is 1. The molecule has 0 saturated heterocycles. The molecule has 0 spiro atoms. The van der Waals surface area contributed by atoms with E-state index in [1.165, 1.54) is 0 Å². The average molecular weight is 269 g/mol. The summed E-state index contributed by atoms with van der Waals surface area (Å²) in [6, 6.07) is 11.1. The number of aromatic nitrogens is 1. The number of pyridine rings is 1. The molecule has 2 rings (SSSR count). The maximum atomic E-state index is 8.99. The number of hydrogen-bond acceptors (Lipinski definition) is 5. The monoisotopic (exact) mass is 269 g/mol. The Kier molecular flexibility index (Phi) is 4.53. The minimum atomic E-state index is 0.261. The summed E-state index contributed by atoms with van der Waals surface area (Å²) < 4.78 is 10.9. The van der Waals surface area contributed by atoms with Crippen LogP contribution in [-0.2, 0) is 13.2 Å². The number of ether oxygens (including phenoxy) is 2. The number of benzene rings is 1. The average Bonchev–Trinajstić information content (AvgIpc) is 2.52. The molecule has 5 heteroatoms. The molecule has 0 aliphatic heterocycles. The van der Waals surface area contributed by atoms with Gasteiger partial charge in [-0.3, -0.25) is 0 Å². The Morgan fingerprint density at radius 1 is 1.30 bits per heavy atom. The number of methoxy groups -OCH3 is 1. The van der Waals surface area contributed by atoms with Gasteiger partial charge in [0.2, 0.25) is 0 Å². The van der Waals surface area contributed by atoms with Crippen LogP contribution in [0.4, 0.5) is 0 Å². The maximum Gasteiger partial charge on any atom is 0.147 e.